The number of hydrogen-bond acceptors (Lipinski definition) is 4. The molecule has 2 aromatic rings. The normalized spacial score (nSPS) is 10.3. The summed E-state index contributed by atoms with van der Waals surface area (Å²) in [5.74, 6) is -0.946. The Hall–Kier alpha value is -3.35. The number of hydrogen-bond donors (Lipinski definition) is 2. The quantitative estimate of drug-likeness (QED) is 0.639. The summed E-state index contributed by atoms with van der Waals surface area (Å²) in [5, 5.41) is 11.3. The molecule has 2 aromatic carbocycles. The van der Waals surface area contributed by atoms with Gasteiger partial charge in [0.25, 0.3) is 0 Å². The van der Waals surface area contributed by atoms with Crippen molar-refractivity contribution < 1.29 is 24.2 Å². The molecular formula is C22H26N2O5. The molecule has 0 aliphatic heterocycles. The second-order valence-electron chi connectivity index (χ2n) is 6.84. The van der Waals surface area contributed by atoms with Crippen LogP contribution in [0.1, 0.15) is 23.1 Å². The number of aryl methyl sites for hydroxylation is 2. The molecule has 0 bridgehead atoms. The summed E-state index contributed by atoms with van der Waals surface area (Å²) in [6.45, 7) is 1.93. The Morgan fingerprint density at radius 2 is 1.62 bits per heavy atom. The molecule has 0 aromatic heterocycles. The fourth-order valence-electron chi connectivity index (χ4n) is 2.61. The van der Waals surface area contributed by atoms with Gasteiger partial charge in [0, 0.05) is 20.0 Å². The van der Waals surface area contributed by atoms with Crippen molar-refractivity contribution in [3.8, 4) is 5.75 Å². The van der Waals surface area contributed by atoms with E-state index in [9.17, 15) is 14.4 Å². The van der Waals surface area contributed by atoms with Crippen LogP contribution in [0.25, 0.3) is 0 Å². The van der Waals surface area contributed by atoms with Crippen LogP contribution in [0.15, 0.2) is 48.5 Å². The van der Waals surface area contributed by atoms with E-state index in [4.69, 9.17) is 9.84 Å². The number of carbonyl (C=O) groups excluding carboxylic acids is 2. The van der Waals surface area contributed by atoms with E-state index in [1.165, 1.54) is 10.5 Å². The van der Waals surface area contributed by atoms with E-state index in [1.54, 1.807) is 31.3 Å². The van der Waals surface area contributed by atoms with Gasteiger partial charge in [0.05, 0.1) is 6.54 Å². The highest BCUT2D eigenvalue weighted by atomic mass is 16.5. The minimum Gasteiger partial charge on any atom is -0.482 e. The van der Waals surface area contributed by atoms with Crippen LogP contribution in [0.3, 0.4) is 0 Å². The molecule has 2 amide bonds. The first-order valence-electron chi connectivity index (χ1n) is 9.33. The first-order valence-corrected chi connectivity index (χ1v) is 9.33. The molecule has 0 unspecified atom stereocenters. The van der Waals surface area contributed by atoms with Crippen molar-refractivity contribution in [1.29, 1.82) is 0 Å². The van der Waals surface area contributed by atoms with Crippen LogP contribution in [0.4, 0.5) is 0 Å². The number of rotatable bonds is 10. The molecule has 2 N–H and O–H groups in total. The molecule has 7 nitrogen and oxygen atoms in total. The summed E-state index contributed by atoms with van der Waals surface area (Å²) in [7, 11) is 1.66. The Bertz CT molecular complexity index is 831. The predicted molar refractivity (Wildman–Crippen MR) is 109 cm³/mol. The summed E-state index contributed by atoms with van der Waals surface area (Å²) in [6.07, 6.45) is 0.963. The third-order valence-corrected chi connectivity index (χ3v) is 4.33. The number of aliphatic carboxylic acids is 1. The maximum Gasteiger partial charge on any atom is 0.341 e. The van der Waals surface area contributed by atoms with Gasteiger partial charge in [0.2, 0.25) is 11.8 Å². The lowest BCUT2D eigenvalue weighted by Gasteiger charge is -2.18. The fourth-order valence-corrected chi connectivity index (χ4v) is 2.61. The number of likely N-dealkylation sites (N-methyl/N-ethyl adjacent to an activating group) is 1. The lowest BCUT2D eigenvalue weighted by Crippen LogP contribution is -2.37. The van der Waals surface area contributed by atoms with Crippen molar-refractivity contribution >= 4 is 17.8 Å². The van der Waals surface area contributed by atoms with E-state index < -0.39 is 12.6 Å². The highest BCUT2D eigenvalue weighted by Crippen LogP contribution is 2.13. The van der Waals surface area contributed by atoms with Gasteiger partial charge in [0.1, 0.15) is 5.75 Å². The fraction of sp³-hybridized carbons (Fsp3) is 0.318. The number of benzene rings is 2. The second-order valence-corrected chi connectivity index (χ2v) is 6.84. The predicted octanol–water partition coefficient (Wildman–Crippen LogP) is 2.17. The van der Waals surface area contributed by atoms with Crippen LogP contribution < -0.4 is 10.1 Å². The van der Waals surface area contributed by atoms with Crippen molar-refractivity contribution in [2.45, 2.75) is 26.3 Å². The van der Waals surface area contributed by atoms with Gasteiger partial charge < -0.3 is 20.1 Å². The average Bonchev–Trinajstić information content (AvgIpc) is 2.71. The third-order valence-electron chi connectivity index (χ3n) is 4.33. The number of carboxylic acids is 1. The number of amides is 2. The molecule has 0 radical (unpaired) electrons. The van der Waals surface area contributed by atoms with Crippen LogP contribution in [0.5, 0.6) is 5.75 Å². The number of nitrogens with zero attached hydrogens (tertiary/aromatic N) is 1. The first kappa shape index (κ1) is 21.9. The van der Waals surface area contributed by atoms with Gasteiger partial charge in [-0.05, 0) is 36.6 Å². The molecule has 7 heteroatoms. The Morgan fingerprint density at radius 3 is 2.24 bits per heavy atom. The van der Waals surface area contributed by atoms with Crippen molar-refractivity contribution in [3.63, 3.8) is 0 Å². The van der Waals surface area contributed by atoms with Crippen molar-refractivity contribution in [2.24, 2.45) is 0 Å². The average molecular weight is 398 g/mol. The van der Waals surface area contributed by atoms with Gasteiger partial charge in [0.15, 0.2) is 6.61 Å². The van der Waals surface area contributed by atoms with Gasteiger partial charge in [-0.25, -0.2) is 4.79 Å². The van der Waals surface area contributed by atoms with E-state index in [0.29, 0.717) is 25.1 Å². The molecule has 2 rings (SSSR count). The zero-order valence-electron chi connectivity index (χ0n) is 16.7. The van der Waals surface area contributed by atoms with E-state index in [-0.39, 0.29) is 18.4 Å². The monoisotopic (exact) mass is 398 g/mol. The van der Waals surface area contributed by atoms with Crippen LogP contribution in [0.2, 0.25) is 0 Å². The summed E-state index contributed by atoms with van der Waals surface area (Å²) in [6, 6.07) is 14.9. The Kier molecular flexibility index (Phi) is 8.21. The largest absolute Gasteiger partial charge is 0.482 e. The third kappa shape index (κ3) is 8.04. The van der Waals surface area contributed by atoms with Gasteiger partial charge in [-0.15, -0.1) is 0 Å². The zero-order chi connectivity index (χ0) is 21.2. The Morgan fingerprint density at radius 1 is 1.00 bits per heavy atom. The minimum absolute atomic E-state index is 0.0525. The summed E-state index contributed by atoms with van der Waals surface area (Å²) in [4.78, 5) is 36.2. The van der Waals surface area contributed by atoms with Crippen molar-refractivity contribution in [1.82, 2.24) is 10.2 Å². The molecule has 0 aliphatic carbocycles. The molecule has 0 fully saturated rings. The molecule has 0 saturated heterocycles. The summed E-state index contributed by atoms with van der Waals surface area (Å²) in [5.41, 5.74) is 3.13. The molecule has 0 atom stereocenters. The number of nitrogens with one attached hydrogen (secondary N) is 1. The number of ether oxygens (including phenoxy) is 1. The molecule has 0 heterocycles. The van der Waals surface area contributed by atoms with E-state index >= 15 is 0 Å². The smallest absolute Gasteiger partial charge is 0.341 e. The standard InChI is InChI=1S/C22H26N2O5/c1-16-3-5-17(6-4-16)9-12-20(25)23-13-21(26)24(2)14-18-7-10-19(11-8-18)29-15-22(27)28/h3-8,10-11H,9,12-15H2,1-2H3,(H,23,25)(H,27,28). The molecular weight excluding hydrogens is 372 g/mol. The summed E-state index contributed by atoms with van der Waals surface area (Å²) < 4.78 is 5.07. The maximum absolute atomic E-state index is 12.2. The minimum atomic E-state index is -1.04. The van der Waals surface area contributed by atoms with Crippen LogP contribution >= 0.6 is 0 Å². The van der Waals surface area contributed by atoms with Gasteiger partial charge >= 0.3 is 5.97 Å². The zero-order valence-corrected chi connectivity index (χ0v) is 16.7. The maximum atomic E-state index is 12.2. The lowest BCUT2D eigenvalue weighted by molar-refractivity contribution is -0.139. The SMILES string of the molecule is Cc1ccc(CCC(=O)NCC(=O)N(C)Cc2ccc(OCC(=O)O)cc2)cc1. The molecule has 29 heavy (non-hydrogen) atoms. The number of carbonyl (C=O) groups is 3. The highest BCUT2D eigenvalue weighted by molar-refractivity contribution is 5.84. The lowest BCUT2D eigenvalue weighted by atomic mass is 10.1. The van der Waals surface area contributed by atoms with E-state index in [1.807, 2.05) is 31.2 Å². The summed E-state index contributed by atoms with van der Waals surface area (Å²) >= 11 is 0. The molecule has 0 aliphatic rings. The molecule has 154 valence electrons. The Balaban J connectivity index is 1.71. The first-order chi connectivity index (χ1) is 13.8. The van der Waals surface area contributed by atoms with Crippen LogP contribution in [-0.4, -0.2) is 48.0 Å². The van der Waals surface area contributed by atoms with Crippen molar-refractivity contribution in [2.75, 3.05) is 20.2 Å². The number of carboxylic acid groups (broad SMARTS) is 1. The van der Waals surface area contributed by atoms with E-state index in [2.05, 4.69) is 5.32 Å². The topological polar surface area (TPSA) is 95.9 Å². The Labute approximate surface area is 170 Å². The molecule has 0 saturated carbocycles. The van der Waals surface area contributed by atoms with Gasteiger partial charge in [-0.1, -0.05) is 42.0 Å². The van der Waals surface area contributed by atoms with Crippen molar-refractivity contribution in [3.05, 3.63) is 65.2 Å². The highest BCUT2D eigenvalue weighted by Gasteiger charge is 2.11. The van der Waals surface area contributed by atoms with Crippen LogP contribution in [-0.2, 0) is 27.3 Å². The van der Waals surface area contributed by atoms with E-state index in [0.717, 1.165) is 11.1 Å². The van der Waals surface area contributed by atoms with Gasteiger partial charge in [-0.2, -0.15) is 0 Å². The molecule has 0 spiro atoms. The van der Waals surface area contributed by atoms with Gasteiger partial charge in [-0.3, -0.25) is 9.59 Å². The van der Waals surface area contributed by atoms with Crippen LogP contribution in [0, 0.1) is 6.92 Å². The second kappa shape index (κ2) is 10.8.